The molecule has 6 nitrogen and oxygen atoms in total. The topological polar surface area (TPSA) is 72.7 Å². The molecule has 0 saturated carbocycles. The molecule has 0 bridgehead atoms. The van der Waals surface area contributed by atoms with Gasteiger partial charge in [0.15, 0.2) is 5.75 Å². The highest BCUT2D eigenvalue weighted by atomic mass is 32.2. The molecule has 0 radical (unpaired) electrons. The molecule has 0 aliphatic rings. The minimum absolute atomic E-state index is 0.0379. The average Bonchev–Trinajstić information content (AvgIpc) is 2.66. The van der Waals surface area contributed by atoms with E-state index in [0.717, 1.165) is 11.3 Å². The Labute approximate surface area is 156 Å². The van der Waals surface area contributed by atoms with Gasteiger partial charge in [-0.25, -0.2) is 0 Å². The molecule has 136 valence electrons. The van der Waals surface area contributed by atoms with E-state index in [0.29, 0.717) is 12.3 Å². The number of nitro groups is 1. The van der Waals surface area contributed by atoms with Gasteiger partial charge in [0, 0.05) is 24.1 Å². The number of rotatable bonds is 9. The molecule has 0 fully saturated rings. The van der Waals surface area contributed by atoms with Crippen LogP contribution in [0.15, 0.2) is 61.2 Å². The van der Waals surface area contributed by atoms with Gasteiger partial charge in [0.1, 0.15) is 0 Å². The Kier molecular flexibility index (Phi) is 7.23. The van der Waals surface area contributed by atoms with Crippen molar-refractivity contribution in [2.24, 2.45) is 0 Å². The highest BCUT2D eigenvalue weighted by Gasteiger charge is 2.17. The lowest BCUT2D eigenvalue weighted by Crippen LogP contribution is -2.32. The molecule has 2 aromatic carbocycles. The third-order valence-corrected chi connectivity index (χ3v) is 4.60. The van der Waals surface area contributed by atoms with Crippen molar-refractivity contribution in [1.29, 1.82) is 0 Å². The van der Waals surface area contributed by atoms with Crippen molar-refractivity contribution in [3.05, 3.63) is 76.9 Å². The number of carbonyl (C=O) groups is 1. The van der Waals surface area contributed by atoms with Crippen molar-refractivity contribution < 1.29 is 14.5 Å². The van der Waals surface area contributed by atoms with E-state index in [1.807, 2.05) is 30.3 Å². The van der Waals surface area contributed by atoms with Crippen molar-refractivity contribution in [3.8, 4) is 5.75 Å². The summed E-state index contributed by atoms with van der Waals surface area (Å²) >= 11 is 1.41. The molecule has 0 aliphatic carbocycles. The highest BCUT2D eigenvalue weighted by Crippen LogP contribution is 2.29. The van der Waals surface area contributed by atoms with Crippen LogP contribution in [0.4, 0.5) is 11.4 Å². The zero-order chi connectivity index (χ0) is 18.9. The number of anilines is 1. The van der Waals surface area contributed by atoms with Crippen molar-refractivity contribution >= 4 is 29.0 Å². The Hall–Kier alpha value is -2.80. The molecular weight excluding hydrogens is 352 g/mol. The third-order valence-electron chi connectivity index (χ3n) is 3.61. The maximum absolute atomic E-state index is 12.5. The van der Waals surface area contributed by atoms with Crippen LogP contribution in [-0.4, -0.2) is 30.2 Å². The van der Waals surface area contributed by atoms with E-state index in [-0.39, 0.29) is 23.1 Å². The number of methoxy groups -OCH3 is 1. The van der Waals surface area contributed by atoms with Gasteiger partial charge < -0.3 is 9.64 Å². The molecule has 0 spiro atoms. The van der Waals surface area contributed by atoms with E-state index in [2.05, 4.69) is 6.58 Å². The van der Waals surface area contributed by atoms with E-state index in [1.54, 1.807) is 23.1 Å². The van der Waals surface area contributed by atoms with Gasteiger partial charge in [-0.15, -0.1) is 18.3 Å². The summed E-state index contributed by atoms with van der Waals surface area (Å²) in [5.41, 5.74) is 1.51. The molecule has 2 aromatic rings. The summed E-state index contributed by atoms with van der Waals surface area (Å²) in [6.07, 6.45) is 1.68. The standard InChI is InChI=1S/C19H20N2O4S/c1-3-11-20(16-7-5-4-6-8-16)19(22)14-26-13-15-9-10-18(25-2)17(12-15)21(23)24/h3-10,12H,1,11,13-14H2,2H3. The van der Waals surface area contributed by atoms with Gasteiger partial charge in [-0.3, -0.25) is 14.9 Å². The maximum atomic E-state index is 12.5. The monoisotopic (exact) mass is 372 g/mol. The normalized spacial score (nSPS) is 10.2. The van der Waals surface area contributed by atoms with Crippen LogP contribution in [0.25, 0.3) is 0 Å². The van der Waals surface area contributed by atoms with Gasteiger partial charge in [0.05, 0.1) is 17.8 Å². The third kappa shape index (κ3) is 5.10. The second-order valence-electron chi connectivity index (χ2n) is 5.38. The van der Waals surface area contributed by atoms with Gasteiger partial charge in [-0.05, 0) is 23.8 Å². The van der Waals surface area contributed by atoms with Crippen molar-refractivity contribution in [1.82, 2.24) is 0 Å². The zero-order valence-electron chi connectivity index (χ0n) is 14.5. The Morgan fingerprint density at radius 3 is 2.65 bits per heavy atom. The molecule has 1 amide bonds. The summed E-state index contributed by atoms with van der Waals surface area (Å²) in [4.78, 5) is 24.8. The van der Waals surface area contributed by atoms with Crippen LogP contribution in [0.2, 0.25) is 0 Å². The summed E-state index contributed by atoms with van der Waals surface area (Å²) in [7, 11) is 1.40. The Bertz CT molecular complexity index is 780. The average molecular weight is 372 g/mol. The molecule has 2 rings (SSSR count). The van der Waals surface area contributed by atoms with Crippen LogP contribution in [0.3, 0.4) is 0 Å². The number of hydrogen-bond acceptors (Lipinski definition) is 5. The number of amides is 1. The predicted octanol–water partition coefficient (Wildman–Crippen LogP) is 4.06. The van der Waals surface area contributed by atoms with Crippen molar-refractivity contribution in [3.63, 3.8) is 0 Å². The van der Waals surface area contributed by atoms with Crippen molar-refractivity contribution in [2.75, 3.05) is 24.3 Å². The summed E-state index contributed by atoms with van der Waals surface area (Å²) < 4.78 is 4.99. The second-order valence-corrected chi connectivity index (χ2v) is 6.37. The molecule has 26 heavy (non-hydrogen) atoms. The van der Waals surface area contributed by atoms with Gasteiger partial charge in [0.25, 0.3) is 0 Å². The first kappa shape index (κ1) is 19.5. The summed E-state index contributed by atoms with van der Waals surface area (Å²) in [5.74, 6) is 0.945. The first-order valence-corrected chi connectivity index (χ1v) is 9.07. The fourth-order valence-electron chi connectivity index (χ4n) is 2.39. The van der Waals surface area contributed by atoms with E-state index in [1.165, 1.54) is 24.9 Å². The fourth-order valence-corrected chi connectivity index (χ4v) is 3.24. The lowest BCUT2D eigenvalue weighted by atomic mass is 10.2. The number of para-hydroxylation sites is 1. The van der Waals surface area contributed by atoms with Gasteiger partial charge in [-0.1, -0.05) is 30.3 Å². The molecule has 0 aromatic heterocycles. The highest BCUT2D eigenvalue weighted by molar-refractivity contribution is 7.99. The minimum Gasteiger partial charge on any atom is -0.490 e. The van der Waals surface area contributed by atoms with Crippen molar-refractivity contribution in [2.45, 2.75) is 5.75 Å². The summed E-state index contributed by atoms with van der Waals surface area (Å²) in [6, 6.07) is 14.2. The lowest BCUT2D eigenvalue weighted by molar-refractivity contribution is -0.385. The number of hydrogen-bond donors (Lipinski definition) is 0. The first-order chi connectivity index (χ1) is 12.6. The van der Waals surface area contributed by atoms with Crippen LogP contribution >= 0.6 is 11.8 Å². The number of benzene rings is 2. The van der Waals surface area contributed by atoms with Gasteiger partial charge in [-0.2, -0.15) is 0 Å². The van der Waals surface area contributed by atoms with Crippen LogP contribution in [0.5, 0.6) is 5.75 Å². The minimum atomic E-state index is -0.473. The molecule has 0 saturated heterocycles. The Balaban J connectivity index is 2.00. The number of nitro benzene ring substituents is 1. The summed E-state index contributed by atoms with van der Waals surface area (Å²) in [5, 5.41) is 11.1. The van der Waals surface area contributed by atoms with Gasteiger partial charge in [0.2, 0.25) is 5.91 Å². The molecule has 0 N–H and O–H groups in total. The quantitative estimate of drug-likeness (QED) is 0.377. The van der Waals surface area contributed by atoms with Crippen LogP contribution < -0.4 is 9.64 Å². The number of thioether (sulfide) groups is 1. The SMILES string of the molecule is C=CCN(C(=O)CSCc1ccc(OC)c([N+](=O)[O-])c1)c1ccccc1. The molecule has 0 aliphatic heterocycles. The van der Waals surface area contributed by atoms with E-state index < -0.39 is 4.92 Å². The Morgan fingerprint density at radius 2 is 2.04 bits per heavy atom. The second kappa shape index (κ2) is 9.62. The summed E-state index contributed by atoms with van der Waals surface area (Å²) in [6.45, 7) is 4.13. The van der Waals surface area contributed by atoms with Crippen LogP contribution in [0.1, 0.15) is 5.56 Å². The Morgan fingerprint density at radius 1 is 1.31 bits per heavy atom. The van der Waals surface area contributed by atoms with E-state index in [9.17, 15) is 14.9 Å². The largest absolute Gasteiger partial charge is 0.490 e. The number of nitrogens with zero attached hydrogens (tertiary/aromatic N) is 2. The van der Waals surface area contributed by atoms with Crippen LogP contribution in [0, 0.1) is 10.1 Å². The number of carbonyl (C=O) groups excluding carboxylic acids is 1. The first-order valence-electron chi connectivity index (χ1n) is 7.92. The van der Waals surface area contributed by atoms with E-state index >= 15 is 0 Å². The zero-order valence-corrected chi connectivity index (χ0v) is 15.3. The number of ether oxygens (including phenoxy) is 1. The predicted molar refractivity (Wildman–Crippen MR) is 105 cm³/mol. The van der Waals surface area contributed by atoms with Gasteiger partial charge >= 0.3 is 5.69 Å². The maximum Gasteiger partial charge on any atom is 0.311 e. The van der Waals surface area contributed by atoms with Crippen LogP contribution in [-0.2, 0) is 10.5 Å². The fraction of sp³-hybridized carbons (Fsp3) is 0.211. The van der Waals surface area contributed by atoms with E-state index in [4.69, 9.17) is 4.74 Å². The molecular formula is C19H20N2O4S. The molecule has 0 atom stereocenters. The molecule has 0 heterocycles. The molecule has 7 heteroatoms. The smallest absolute Gasteiger partial charge is 0.311 e. The lowest BCUT2D eigenvalue weighted by Gasteiger charge is -2.21. The molecule has 0 unspecified atom stereocenters.